The predicted molar refractivity (Wildman–Crippen MR) is 303 cm³/mol. The lowest BCUT2D eigenvalue weighted by molar-refractivity contribution is -0.146. The number of aliphatic hydroxyl groups is 1. The molecule has 2 heterocycles. The van der Waals surface area contributed by atoms with Gasteiger partial charge in [-0.3, -0.25) is 62.9 Å². The van der Waals surface area contributed by atoms with Crippen LogP contribution in [0.5, 0.6) is 0 Å². The highest BCUT2D eigenvalue weighted by atomic mass is 32.2. The number of rotatable bonds is 15. The van der Waals surface area contributed by atoms with Crippen molar-refractivity contribution in [3.63, 3.8) is 0 Å². The molecule has 3 aromatic rings. The number of carboxylic acid groups (broad SMARTS) is 1. The van der Waals surface area contributed by atoms with Crippen LogP contribution in [-0.2, 0) is 70.4 Å². The Morgan fingerprint density at radius 1 is 0.735 bits per heavy atom. The van der Waals surface area contributed by atoms with Crippen molar-refractivity contribution in [1.82, 2.24) is 62.2 Å². The van der Waals surface area contributed by atoms with Gasteiger partial charge < -0.3 is 83.9 Å². The Bertz CT molecular complexity index is 2850. The number of hydrogen-bond donors (Lipinski definition) is 14. The number of aliphatic hydroxyl groups excluding tert-OH is 1. The molecule has 29 nitrogen and oxygen atoms in total. The standard InChI is InChI=1S/C53H75N15O14S/c1-28(2)44-52(82)68(6)39(25-69)48(78)60-24-41(71)61-34(17-12-18-57-53(55)56)50(80)67(5)38(19-30-13-8-7-9-14-30)49(79)64-37(46(76)59-23-40(54)70)26-83-27-42(72)62-36(20-31-22-58-33-16-11-10-15-32(31)33)51(81)66(4)29(3)45(75)63-35(21-43(73)74)47(77)65-44/h7-11,13-16,22,28-29,34-39,44,58,69H,12,17-21,23-27H2,1-6H3,(H2,54,70)(H,59,76)(H,60,78)(H,61,71)(H,62,72)(H,63,75)(H,64,79)(H,65,77)(H,73,74)(H4,55,56,57)/t29-,34-,35-,36+,37-,38-,39-,44-/m0/s1. The maximum atomic E-state index is 14.6. The topological polar surface area (TPSA) is 443 Å². The SMILES string of the molecule is CC(C)[C@@H]1NC(=O)[C@H](CC(=O)O)NC(=O)[C@H](C)N(C)C(=O)[C@@H](Cc2c[nH]c3ccccc23)NC(=O)CSC[C@@H](C(=O)NCC(N)=O)NC(=O)[C@H](Cc2ccccc2)N(C)C(=O)[C@H](CCCNC(=N)N)NC(=O)CNC(=O)[C@H](CO)N(C)C1=O. The quantitative estimate of drug-likeness (QED) is 0.0389. The number of nitrogens with two attached hydrogens (primary N) is 2. The average Bonchev–Trinajstić information content (AvgIpc) is 4.08. The molecule has 1 saturated heterocycles. The molecule has 2 aromatic carbocycles. The molecule has 1 aliphatic heterocycles. The van der Waals surface area contributed by atoms with E-state index >= 15 is 0 Å². The summed E-state index contributed by atoms with van der Waals surface area (Å²) in [5.41, 5.74) is 12.6. The normalized spacial score (nSPS) is 23.0. The number of likely N-dealkylation sites (N-methyl/N-ethyl adjacent to an activating group) is 3. The number of thioether (sulfide) groups is 1. The van der Waals surface area contributed by atoms with Crippen LogP contribution in [0.15, 0.2) is 60.8 Å². The Balaban J connectivity index is 1.81. The van der Waals surface area contributed by atoms with E-state index in [2.05, 4.69) is 47.5 Å². The highest BCUT2D eigenvalue weighted by molar-refractivity contribution is 8.00. The molecule has 11 amide bonds. The average molecular weight is 1180 g/mol. The Morgan fingerprint density at radius 3 is 2.01 bits per heavy atom. The molecular formula is C53H75N15O14S. The zero-order valence-corrected chi connectivity index (χ0v) is 47.8. The lowest BCUT2D eigenvalue weighted by atomic mass is 10.0. The van der Waals surface area contributed by atoms with Crippen LogP contribution >= 0.6 is 11.8 Å². The minimum atomic E-state index is -1.85. The third-order valence-corrected chi connectivity index (χ3v) is 14.6. The summed E-state index contributed by atoms with van der Waals surface area (Å²) in [5.74, 6) is -13.7. The van der Waals surface area contributed by atoms with Crippen molar-refractivity contribution in [2.45, 2.75) is 101 Å². The Labute approximate surface area is 482 Å². The van der Waals surface area contributed by atoms with Gasteiger partial charge >= 0.3 is 5.97 Å². The van der Waals surface area contributed by atoms with Gasteiger partial charge in [-0.25, -0.2) is 0 Å². The van der Waals surface area contributed by atoms with Crippen molar-refractivity contribution >= 4 is 99.6 Å². The number of fused-ring (bicyclic) bond motifs is 1. The van der Waals surface area contributed by atoms with Gasteiger partial charge in [0.05, 0.1) is 31.9 Å². The summed E-state index contributed by atoms with van der Waals surface area (Å²) in [6, 6.07) is 3.36. The first kappa shape index (κ1) is 66.7. The van der Waals surface area contributed by atoms with Gasteiger partial charge in [-0.2, -0.15) is 0 Å². The van der Waals surface area contributed by atoms with Gasteiger partial charge in [-0.05, 0) is 42.9 Å². The number of guanidine groups is 1. The van der Waals surface area contributed by atoms with Crippen molar-refractivity contribution in [2.75, 3.05) is 58.9 Å². The molecule has 83 heavy (non-hydrogen) atoms. The lowest BCUT2D eigenvalue weighted by Crippen LogP contribution is -2.61. The second kappa shape index (κ2) is 32.0. The van der Waals surface area contributed by atoms with Crippen LogP contribution in [-0.4, -0.2) is 214 Å². The fourth-order valence-corrected chi connectivity index (χ4v) is 9.60. The molecule has 8 atom stereocenters. The monoisotopic (exact) mass is 1180 g/mol. The molecule has 30 heteroatoms. The number of carbonyl (C=O) groups is 12. The summed E-state index contributed by atoms with van der Waals surface area (Å²) in [6.07, 6.45) is 0.338. The second-order valence-corrected chi connectivity index (χ2v) is 21.1. The van der Waals surface area contributed by atoms with Gasteiger partial charge in [0.2, 0.25) is 65.0 Å². The summed E-state index contributed by atoms with van der Waals surface area (Å²) in [7, 11) is 3.66. The number of nitrogens with one attached hydrogen (secondary N) is 10. The van der Waals surface area contributed by atoms with E-state index in [1.807, 2.05) is 0 Å². The van der Waals surface area contributed by atoms with E-state index in [4.69, 9.17) is 16.9 Å². The first-order chi connectivity index (χ1) is 39.2. The number of hydrogen-bond acceptors (Lipinski definition) is 15. The molecule has 1 aliphatic rings. The third kappa shape index (κ3) is 20.0. The van der Waals surface area contributed by atoms with Gasteiger partial charge in [-0.1, -0.05) is 62.4 Å². The minimum absolute atomic E-state index is 0.0592. The molecule has 0 radical (unpaired) electrons. The van der Waals surface area contributed by atoms with Crippen LogP contribution in [0.3, 0.4) is 0 Å². The second-order valence-electron chi connectivity index (χ2n) is 20.1. The maximum Gasteiger partial charge on any atom is 0.305 e. The number of aromatic nitrogens is 1. The summed E-state index contributed by atoms with van der Waals surface area (Å²) >= 11 is 0.837. The van der Waals surface area contributed by atoms with E-state index in [0.29, 0.717) is 22.0 Å². The lowest BCUT2D eigenvalue weighted by Gasteiger charge is -2.33. The molecule has 4 rings (SSSR count). The number of benzene rings is 2. The maximum absolute atomic E-state index is 14.6. The molecule has 1 aromatic heterocycles. The zero-order chi connectivity index (χ0) is 61.7. The highest BCUT2D eigenvalue weighted by Crippen LogP contribution is 2.21. The van der Waals surface area contributed by atoms with E-state index in [9.17, 15) is 67.7 Å². The number of carbonyl (C=O) groups excluding carboxylic acids is 11. The van der Waals surface area contributed by atoms with Crippen LogP contribution in [0.2, 0.25) is 0 Å². The van der Waals surface area contributed by atoms with E-state index in [0.717, 1.165) is 33.5 Å². The van der Waals surface area contributed by atoms with Crippen LogP contribution in [0.25, 0.3) is 10.9 Å². The number of para-hydroxylation sites is 1. The number of primary amides is 1. The Morgan fingerprint density at radius 2 is 1.37 bits per heavy atom. The molecule has 0 aliphatic carbocycles. The van der Waals surface area contributed by atoms with Crippen molar-refractivity contribution < 1.29 is 67.7 Å². The molecule has 452 valence electrons. The first-order valence-corrected chi connectivity index (χ1v) is 27.6. The molecule has 0 spiro atoms. The van der Waals surface area contributed by atoms with E-state index in [1.54, 1.807) is 60.8 Å². The van der Waals surface area contributed by atoms with Crippen LogP contribution in [0, 0.1) is 11.3 Å². The number of nitrogens with zero attached hydrogens (tertiary/aromatic N) is 3. The fourth-order valence-electron chi connectivity index (χ4n) is 8.74. The van der Waals surface area contributed by atoms with Crippen molar-refractivity contribution in [3.05, 3.63) is 71.9 Å². The van der Waals surface area contributed by atoms with Crippen molar-refractivity contribution in [2.24, 2.45) is 17.4 Å². The summed E-state index contributed by atoms with van der Waals surface area (Å²) in [6.45, 7) is 1.90. The van der Waals surface area contributed by atoms with E-state index in [-0.39, 0.29) is 43.9 Å². The molecule has 1 fully saturated rings. The number of aromatic amines is 1. The molecular weight excluding hydrogens is 1100 g/mol. The Kier molecular flexibility index (Phi) is 25.7. The number of aliphatic carboxylic acids is 1. The molecule has 0 saturated carbocycles. The molecule has 0 bridgehead atoms. The Hall–Kier alpha value is -8.80. The smallest absolute Gasteiger partial charge is 0.305 e. The van der Waals surface area contributed by atoms with Gasteiger partial charge in [-0.15, -0.1) is 11.8 Å². The van der Waals surface area contributed by atoms with Gasteiger partial charge in [0.1, 0.15) is 48.3 Å². The third-order valence-electron chi connectivity index (χ3n) is 13.6. The molecule has 0 unspecified atom stereocenters. The molecule has 16 N–H and O–H groups in total. The van der Waals surface area contributed by atoms with Crippen molar-refractivity contribution in [1.29, 1.82) is 5.41 Å². The minimum Gasteiger partial charge on any atom is -0.481 e. The van der Waals surface area contributed by atoms with E-state index < -0.39 is 157 Å². The summed E-state index contributed by atoms with van der Waals surface area (Å²) < 4.78 is 0. The first-order valence-electron chi connectivity index (χ1n) is 26.4. The fraction of sp³-hybridized carbons (Fsp3) is 0.491. The van der Waals surface area contributed by atoms with Gasteiger partial charge in [0, 0.05) is 63.4 Å². The summed E-state index contributed by atoms with van der Waals surface area (Å²) in [5, 5.41) is 48.4. The van der Waals surface area contributed by atoms with E-state index in [1.165, 1.54) is 34.9 Å². The number of H-pyrrole nitrogens is 1. The van der Waals surface area contributed by atoms with Crippen LogP contribution in [0.4, 0.5) is 0 Å². The highest BCUT2D eigenvalue weighted by Gasteiger charge is 2.39. The largest absolute Gasteiger partial charge is 0.481 e. The van der Waals surface area contributed by atoms with Crippen LogP contribution in [0.1, 0.15) is 51.2 Å². The zero-order valence-electron chi connectivity index (χ0n) is 46.9. The predicted octanol–water partition coefficient (Wildman–Crippen LogP) is -4.27. The van der Waals surface area contributed by atoms with Gasteiger partial charge in [0.25, 0.3) is 0 Å². The number of carboxylic acids is 1. The number of amides is 11. The van der Waals surface area contributed by atoms with Crippen LogP contribution < -0.4 is 54.0 Å². The van der Waals surface area contributed by atoms with Gasteiger partial charge in [0.15, 0.2) is 5.96 Å². The summed E-state index contributed by atoms with van der Waals surface area (Å²) in [4.78, 5) is 171. The van der Waals surface area contributed by atoms with Crippen molar-refractivity contribution in [3.8, 4) is 0 Å².